The Morgan fingerprint density at radius 3 is 2.00 bits per heavy atom. The fourth-order valence-corrected chi connectivity index (χ4v) is 1.79. The Hall–Kier alpha value is -1.59. The lowest BCUT2D eigenvalue weighted by Gasteiger charge is -2.18. The summed E-state index contributed by atoms with van der Waals surface area (Å²) in [4.78, 5) is 33.5. The molecule has 0 rings (SSSR count). The molecule has 0 fully saturated rings. The van der Waals surface area contributed by atoms with Gasteiger partial charge in [0.1, 0.15) is 6.04 Å². The van der Waals surface area contributed by atoms with E-state index < -0.39 is 17.9 Å². The molecule has 0 aromatic rings. The summed E-state index contributed by atoms with van der Waals surface area (Å²) in [7, 11) is 0. The molecule has 0 radical (unpaired) electrons. The van der Waals surface area contributed by atoms with Gasteiger partial charge in [-0.25, -0.2) is 4.79 Å². The predicted molar refractivity (Wildman–Crippen MR) is 66.7 cm³/mol. The highest BCUT2D eigenvalue weighted by Gasteiger charge is 2.25. The molecule has 18 heavy (non-hydrogen) atoms. The van der Waals surface area contributed by atoms with Crippen LogP contribution >= 0.6 is 0 Å². The van der Waals surface area contributed by atoms with Crippen LogP contribution in [0.4, 0.5) is 0 Å². The van der Waals surface area contributed by atoms with E-state index in [1.165, 1.54) is 0 Å². The second-order valence-corrected chi connectivity index (χ2v) is 4.34. The zero-order valence-electron chi connectivity index (χ0n) is 10.9. The van der Waals surface area contributed by atoms with Gasteiger partial charge in [0.25, 0.3) is 0 Å². The Morgan fingerprint density at radius 2 is 1.67 bits per heavy atom. The first-order valence-electron chi connectivity index (χ1n) is 6.23. The molecule has 0 heterocycles. The van der Waals surface area contributed by atoms with Gasteiger partial charge in [-0.2, -0.15) is 0 Å². The molecule has 104 valence electrons. The number of nitrogens with one attached hydrogen (secondary N) is 1. The van der Waals surface area contributed by atoms with E-state index in [4.69, 9.17) is 10.8 Å². The molecule has 0 saturated carbocycles. The van der Waals surface area contributed by atoms with Crippen molar-refractivity contribution in [2.24, 2.45) is 11.7 Å². The summed E-state index contributed by atoms with van der Waals surface area (Å²) in [6, 6.07) is -1.23. The van der Waals surface area contributed by atoms with Crippen molar-refractivity contribution in [3.63, 3.8) is 0 Å². The van der Waals surface area contributed by atoms with E-state index in [9.17, 15) is 14.4 Å². The number of carboxylic acids is 1. The largest absolute Gasteiger partial charge is 0.480 e. The zero-order chi connectivity index (χ0) is 14.1. The Balaban J connectivity index is 4.54. The van der Waals surface area contributed by atoms with Crippen molar-refractivity contribution in [3.8, 4) is 0 Å². The summed E-state index contributed by atoms with van der Waals surface area (Å²) < 4.78 is 0. The molecule has 0 aliphatic carbocycles. The van der Waals surface area contributed by atoms with Gasteiger partial charge in [-0.1, -0.05) is 26.7 Å². The maximum absolute atomic E-state index is 11.9. The van der Waals surface area contributed by atoms with Gasteiger partial charge in [-0.15, -0.1) is 0 Å². The molecule has 0 aromatic heterocycles. The lowest BCUT2D eigenvalue weighted by molar-refractivity contribution is -0.144. The summed E-state index contributed by atoms with van der Waals surface area (Å²) in [6.45, 7) is 3.93. The first kappa shape index (κ1) is 16.4. The van der Waals surface area contributed by atoms with Crippen molar-refractivity contribution in [1.29, 1.82) is 0 Å². The standard InChI is InChI=1S/C12H22N2O4/c1-3-5-8(6-4-2)11(16)14-9(12(17)18)7-10(13)15/h8-9H,3-7H2,1-2H3,(H2,13,15)(H,14,16)(H,17,18). The smallest absolute Gasteiger partial charge is 0.326 e. The molecule has 6 nitrogen and oxygen atoms in total. The van der Waals surface area contributed by atoms with Crippen LogP contribution in [0.25, 0.3) is 0 Å². The summed E-state index contributed by atoms with van der Waals surface area (Å²) in [5, 5.41) is 11.3. The van der Waals surface area contributed by atoms with E-state index in [1.807, 2.05) is 13.8 Å². The SMILES string of the molecule is CCCC(CCC)C(=O)NC(CC(N)=O)C(=O)O. The molecule has 4 N–H and O–H groups in total. The Bertz CT molecular complexity index is 298. The van der Waals surface area contributed by atoms with Gasteiger partial charge in [-0.05, 0) is 12.8 Å². The van der Waals surface area contributed by atoms with Crippen LogP contribution in [0.5, 0.6) is 0 Å². The highest BCUT2D eigenvalue weighted by atomic mass is 16.4. The fourth-order valence-electron chi connectivity index (χ4n) is 1.79. The van der Waals surface area contributed by atoms with Gasteiger partial charge in [0, 0.05) is 5.92 Å². The van der Waals surface area contributed by atoms with Crippen LogP contribution in [-0.4, -0.2) is 28.9 Å². The van der Waals surface area contributed by atoms with Crippen LogP contribution in [0.2, 0.25) is 0 Å². The average Bonchev–Trinajstić information content (AvgIpc) is 2.27. The van der Waals surface area contributed by atoms with Crippen molar-refractivity contribution < 1.29 is 19.5 Å². The van der Waals surface area contributed by atoms with E-state index in [2.05, 4.69) is 5.32 Å². The van der Waals surface area contributed by atoms with Gasteiger partial charge < -0.3 is 16.2 Å². The Morgan fingerprint density at radius 1 is 1.17 bits per heavy atom. The number of hydrogen-bond acceptors (Lipinski definition) is 3. The molecule has 1 unspecified atom stereocenters. The third-order valence-corrected chi connectivity index (χ3v) is 2.66. The Kier molecular flexibility index (Phi) is 7.74. The van der Waals surface area contributed by atoms with Crippen molar-refractivity contribution in [1.82, 2.24) is 5.32 Å². The van der Waals surface area contributed by atoms with Crippen molar-refractivity contribution in [3.05, 3.63) is 0 Å². The van der Waals surface area contributed by atoms with Crippen LogP contribution in [0, 0.1) is 5.92 Å². The number of hydrogen-bond donors (Lipinski definition) is 3. The minimum Gasteiger partial charge on any atom is -0.480 e. The number of aliphatic carboxylic acids is 1. The second-order valence-electron chi connectivity index (χ2n) is 4.34. The number of amides is 2. The van der Waals surface area contributed by atoms with Crippen molar-refractivity contribution in [2.75, 3.05) is 0 Å². The first-order valence-corrected chi connectivity index (χ1v) is 6.23. The molecule has 0 bridgehead atoms. The third kappa shape index (κ3) is 6.22. The first-order chi connectivity index (χ1) is 8.42. The molecular formula is C12H22N2O4. The van der Waals surface area contributed by atoms with Crippen LogP contribution in [0.1, 0.15) is 46.0 Å². The molecule has 0 aromatic carbocycles. The molecule has 0 spiro atoms. The van der Waals surface area contributed by atoms with E-state index in [0.717, 1.165) is 12.8 Å². The number of carbonyl (C=O) groups is 3. The molecule has 2 amide bonds. The molecule has 6 heteroatoms. The maximum Gasteiger partial charge on any atom is 0.326 e. The average molecular weight is 258 g/mol. The van der Waals surface area contributed by atoms with Gasteiger partial charge >= 0.3 is 5.97 Å². The second kappa shape index (κ2) is 8.49. The molecule has 0 aliphatic heterocycles. The highest BCUT2D eigenvalue weighted by molar-refractivity contribution is 5.88. The topological polar surface area (TPSA) is 109 Å². The van der Waals surface area contributed by atoms with E-state index in [0.29, 0.717) is 12.8 Å². The molecule has 0 saturated heterocycles. The lowest BCUT2D eigenvalue weighted by Crippen LogP contribution is -2.45. The molecular weight excluding hydrogens is 236 g/mol. The number of rotatable bonds is 9. The quantitative estimate of drug-likeness (QED) is 0.564. The van der Waals surface area contributed by atoms with Crippen LogP contribution < -0.4 is 11.1 Å². The number of nitrogens with two attached hydrogens (primary N) is 1. The zero-order valence-corrected chi connectivity index (χ0v) is 10.9. The highest BCUT2D eigenvalue weighted by Crippen LogP contribution is 2.14. The van der Waals surface area contributed by atoms with E-state index >= 15 is 0 Å². The van der Waals surface area contributed by atoms with Gasteiger partial charge in [0.2, 0.25) is 11.8 Å². The minimum absolute atomic E-state index is 0.199. The summed E-state index contributed by atoms with van der Waals surface area (Å²) in [5.41, 5.74) is 4.95. The van der Waals surface area contributed by atoms with Crippen molar-refractivity contribution >= 4 is 17.8 Å². The minimum atomic E-state index is -1.24. The van der Waals surface area contributed by atoms with E-state index in [-0.39, 0.29) is 18.2 Å². The van der Waals surface area contributed by atoms with E-state index in [1.54, 1.807) is 0 Å². The maximum atomic E-state index is 11.9. The normalized spacial score (nSPS) is 12.2. The molecule has 1 atom stereocenters. The third-order valence-electron chi connectivity index (χ3n) is 2.66. The van der Waals surface area contributed by atoms with Crippen LogP contribution in [0.15, 0.2) is 0 Å². The predicted octanol–water partition coefficient (Wildman–Crippen LogP) is 0.648. The lowest BCUT2D eigenvalue weighted by atomic mass is 9.97. The van der Waals surface area contributed by atoms with Crippen molar-refractivity contribution in [2.45, 2.75) is 52.0 Å². The summed E-state index contributed by atoms with van der Waals surface area (Å²) in [5.74, 6) is -2.50. The van der Waals surface area contributed by atoms with Crippen LogP contribution in [0.3, 0.4) is 0 Å². The monoisotopic (exact) mass is 258 g/mol. The number of carbonyl (C=O) groups excluding carboxylic acids is 2. The van der Waals surface area contributed by atoms with Crippen LogP contribution in [-0.2, 0) is 14.4 Å². The number of carboxylic acid groups (broad SMARTS) is 1. The van der Waals surface area contributed by atoms with Gasteiger partial charge in [-0.3, -0.25) is 9.59 Å². The summed E-state index contributed by atoms with van der Waals surface area (Å²) in [6.07, 6.45) is 2.74. The van der Waals surface area contributed by atoms with Gasteiger partial charge in [0.15, 0.2) is 0 Å². The number of primary amides is 1. The fraction of sp³-hybridized carbons (Fsp3) is 0.750. The summed E-state index contributed by atoms with van der Waals surface area (Å²) >= 11 is 0. The molecule has 0 aliphatic rings. The van der Waals surface area contributed by atoms with Gasteiger partial charge in [0.05, 0.1) is 6.42 Å². The Labute approximate surface area is 107 Å².